The molecule has 17 heavy (non-hydrogen) atoms. The van der Waals surface area contributed by atoms with E-state index in [0.29, 0.717) is 0 Å². The van der Waals surface area contributed by atoms with Crippen LogP contribution in [-0.2, 0) is 6.42 Å². The van der Waals surface area contributed by atoms with Gasteiger partial charge in [0.25, 0.3) is 0 Å². The highest BCUT2D eigenvalue weighted by Crippen LogP contribution is 2.31. The molecule has 2 heterocycles. The lowest BCUT2D eigenvalue weighted by atomic mass is 10.3. The molecule has 2 aromatic rings. The molecule has 92 valence electrons. The van der Waals surface area contributed by atoms with Crippen LogP contribution in [0.4, 0.5) is 0 Å². The van der Waals surface area contributed by atoms with Crippen molar-refractivity contribution < 1.29 is 4.42 Å². The van der Waals surface area contributed by atoms with Crippen molar-refractivity contribution in [3.05, 3.63) is 28.6 Å². The maximum atomic E-state index is 5.76. The zero-order chi connectivity index (χ0) is 12.3. The van der Waals surface area contributed by atoms with E-state index in [0.717, 1.165) is 31.0 Å². The first-order valence-corrected chi connectivity index (χ1v) is 6.69. The predicted molar refractivity (Wildman–Crippen MR) is 71.5 cm³/mol. The summed E-state index contributed by atoms with van der Waals surface area (Å²) in [6.07, 6.45) is 3.78. The Morgan fingerprint density at radius 1 is 1.41 bits per heavy atom. The minimum atomic E-state index is 0.832. The van der Waals surface area contributed by atoms with Gasteiger partial charge >= 0.3 is 0 Å². The van der Waals surface area contributed by atoms with E-state index in [4.69, 9.17) is 4.42 Å². The molecule has 0 aliphatic carbocycles. The number of aromatic nitrogens is 1. The summed E-state index contributed by atoms with van der Waals surface area (Å²) in [6.45, 7) is 5.25. The highest BCUT2D eigenvalue weighted by Gasteiger charge is 2.09. The molecule has 0 bridgehead atoms. The number of rotatable bonds is 5. The van der Waals surface area contributed by atoms with Gasteiger partial charge in [0.05, 0.1) is 11.1 Å². The number of hydrogen-bond donors (Lipinski definition) is 1. The van der Waals surface area contributed by atoms with Crippen LogP contribution in [0.3, 0.4) is 0 Å². The van der Waals surface area contributed by atoms with Crippen molar-refractivity contribution >= 4 is 11.3 Å². The average Bonchev–Trinajstić information content (AvgIpc) is 2.88. The number of thiophene rings is 1. The summed E-state index contributed by atoms with van der Waals surface area (Å²) in [5.74, 6) is 1.73. The highest BCUT2D eigenvalue weighted by atomic mass is 32.1. The van der Waals surface area contributed by atoms with E-state index in [1.165, 1.54) is 15.3 Å². The molecule has 0 radical (unpaired) electrons. The van der Waals surface area contributed by atoms with Gasteiger partial charge in [0.1, 0.15) is 0 Å². The Morgan fingerprint density at radius 3 is 2.88 bits per heavy atom. The van der Waals surface area contributed by atoms with E-state index >= 15 is 0 Å². The van der Waals surface area contributed by atoms with Crippen molar-refractivity contribution in [3.8, 4) is 10.6 Å². The van der Waals surface area contributed by atoms with Gasteiger partial charge in [-0.25, -0.2) is 4.98 Å². The van der Waals surface area contributed by atoms with Crippen LogP contribution in [0.2, 0.25) is 0 Å². The largest absolute Gasteiger partial charge is 0.440 e. The number of oxazole rings is 1. The fourth-order valence-corrected chi connectivity index (χ4v) is 2.63. The van der Waals surface area contributed by atoms with E-state index in [2.05, 4.69) is 30.2 Å². The third-order valence-corrected chi connectivity index (χ3v) is 3.95. The fraction of sp³-hybridized carbons (Fsp3) is 0.462. The van der Waals surface area contributed by atoms with Crippen molar-refractivity contribution in [2.24, 2.45) is 0 Å². The first kappa shape index (κ1) is 12.3. The lowest BCUT2D eigenvalue weighted by molar-refractivity contribution is 0.496. The Bertz CT molecular complexity index is 468. The summed E-state index contributed by atoms with van der Waals surface area (Å²) in [5, 5.41) is 3.12. The smallest absolute Gasteiger partial charge is 0.194 e. The van der Waals surface area contributed by atoms with E-state index in [-0.39, 0.29) is 0 Å². The monoisotopic (exact) mass is 250 g/mol. The van der Waals surface area contributed by atoms with Crippen LogP contribution in [0.5, 0.6) is 0 Å². The van der Waals surface area contributed by atoms with Crippen LogP contribution < -0.4 is 5.32 Å². The number of hydrogen-bond acceptors (Lipinski definition) is 4. The van der Waals surface area contributed by atoms with Crippen molar-refractivity contribution in [2.75, 3.05) is 13.6 Å². The van der Waals surface area contributed by atoms with Gasteiger partial charge in [-0.05, 0) is 45.5 Å². The van der Waals surface area contributed by atoms with Gasteiger partial charge in [0, 0.05) is 11.3 Å². The van der Waals surface area contributed by atoms with E-state index in [9.17, 15) is 0 Å². The normalized spacial score (nSPS) is 11.0. The summed E-state index contributed by atoms with van der Waals surface area (Å²) < 4.78 is 5.76. The highest BCUT2D eigenvalue weighted by molar-refractivity contribution is 7.15. The van der Waals surface area contributed by atoms with Crippen molar-refractivity contribution in [1.82, 2.24) is 10.3 Å². The molecule has 0 aliphatic heterocycles. The minimum absolute atomic E-state index is 0.832. The lowest BCUT2D eigenvalue weighted by Crippen LogP contribution is -2.08. The average molecular weight is 250 g/mol. The molecule has 0 saturated heterocycles. The molecule has 3 nitrogen and oxygen atoms in total. The third-order valence-electron chi connectivity index (χ3n) is 2.78. The first-order chi connectivity index (χ1) is 8.20. The molecule has 0 unspecified atom stereocenters. The molecular weight excluding hydrogens is 232 g/mol. The molecule has 0 aromatic carbocycles. The van der Waals surface area contributed by atoms with Crippen molar-refractivity contribution in [1.29, 1.82) is 0 Å². The molecule has 0 fully saturated rings. The van der Waals surface area contributed by atoms with E-state index in [1.54, 1.807) is 11.3 Å². The van der Waals surface area contributed by atoms with E-state index < -0.39 is 0 Å². The van der Waals surface area contributed by atoms with Crippen molar-refractivity contribution in [2.45, 2.75) is 26.7 Å². The molecular formula is C13H18N2OS. The summed E-state index contributed by atoms with van der Waals surface area (Å²) >= 11 is 1.76. The Kier molecular flexibility index (Phi) is 3.97. The number of aryl methyl sites for hydroxylation is 3. The maximum Gasteiger partial charge on any atom is 0.194 e. The van der Waals surface area contributed by atoms with E-state index in [1.807, 2.05) is 13.2 Å². The molecule has 0 saturated carbocycles. The Hall–Kier alpha value is -1.13. The predicted octanol–water partition coefficient (Wildman–Crippen LogP) is 3.17. The van der Waals surface area contributed by atoms with Crippen LogP contribution in [0.1, 0.15) is 22.8 Å². The summed E-state index contributed by atoms with van der Waals surface area (Å²) in [4.78, 5) is 6.83. The minimum Gasteiger partial charge on any atom is -0.440 e. The van der Waals surface area contributed by atoms with Gasteiger partial charge in [-0.3, -0.25) is 0 Å². The Morgan fingerprint density at radius 2 is 2.24 bits per heavy atom. The van der Waals surface area contributed by atoms with Crippen LogP contribution in [0.25, 0.3) is 10.6 Å². The second kappa shape index (κ2) is 5.47. The Labute approximate surface area is 106 Å². The van der Waals surface area contributed by atoms with Crippen LogP contribution in [-0.4, -0.2) is 18.6 Å². The zero-order valence-electron chi connectivity index (χ0n) is 10.5. The van der Waals surface area contributed by atoms with Crippen LogP contribution in [0.15, 0.2) is 16.7 Å². The quantitative estimate of drug-likeness (QED) is 0.828. The number of nitrogens with zero attached hydrogens (tertiary/aromatic N) is 1. The fourth-order valence-electron chi connectivity index (χ4n) is 1.65. The van der Waals surface area contributed by atoms with Gasteiger partial charge in [-0.1, -0.05) is 0 Å². The topological polar surface area (TPSA) is 38.1 Å². The molecule has 2 rings (SSSR count). The second-order valence-corrected chi connectivity index (χ2v) is 5.43. The molecule has 4 heteroatoms. The molecule has 0 atom stereocenters. The third kappa shape index (κ3) is 2.96. The molecule has 1 N–H and O–H groups in total. The molecule has 0 aliphatic rings. The maximum absolute atomic E-state index is 5.76. The molecule has 2 aromatic heterocycles. The molecule has 0 amide bonds. The number of nitrogens with one attached hydrogen (secondary N) is 1. The second-order valence-electron chi connectivity index (χ2n) is 4.18. The van der Waals surface area contributed by atoms with Gasteiger partial charge in [0.15, 0.2) is 11.7 Å². The lowest BCUT2D eigenvalue weighted by Gasteiger charge is -1.95. The Balaban J connectivity index is 2.07. The van der Waals surface area contributed by atoms with Crippen LogP contribution in [0, 0.1) is 13.8 Å². The first-order valence-electron chi connectivity index (χ1n) is 5.87. The van der Waals surface area contributed by atoms with Gasteiger partial charge in [-0.15, -0.1) is 11.3 Å². The SMILES string of the molecule is CNCCCc1ncc(-c2cc(C)c(C)s2)o1. The van der Waals surface area contributed by atoms with Gasteiger partial charge in [0.2, 0.25) is 0 Å². The summed E-state index contributed by atoms with van der Waals surface area (Å²) in [7, 11) is 1.96. The standard InChI is InChI=1S/C13H18N2OS/c1-9-7-12(17-10(9)2)11-8-15-13(16-11)5-4-6-14-3/h7-8,14H,4-6H2,1-3H3. The van der Waals surface area contributed by atoms with Gasteiger partial charge in [-0.2, -0.15) is 0 Å². The summed E-state index contributed by atoms with van der Waals surface area (Å²) in [6, 6.07) is 2.16. The zero-order valence-corrected chi connectivity index (χ0v) is 11.4. The van der Waals surface area contributed by atoms with Crippen LogP contribution >= 0.6 is 11.3 Å². The van der Waals surface area contributed by atoms with Crippen molar-refractivity contribution in [3.63, 3.8) is 0 Å². The van der Waals surface area contributed by atoms with Gasteiger partial charge < -0.3 is 9.73 Å². The molecule has 0 spiro atoms. The summed E-state index contributed by atoms with van der Waals surface area (Å²) in [5.41, 5.74) is 1.32.